The Morgan fingerprint density at radius 2 is 2.00 bits per heavy atom. The first-order valence-electron chi connectivity index (χ1n) is 6.25. The Labute approximate surface area is 116 Å². The van der Waals surface area contributed by atoms with Crippen molar-refractivity contribution in [2.75, 3.05) is 10.6 Å². The van der Waals surface area contributed by atoms with Crippen molar-refractivity contribution < 1.29 is 13.2 Å². The summed E-state index contributed by atoms with van der Waals surface area (Å²) in [5.74, 6) is -0.189. The fourth-order valence-corrected chi connectivity index (χ4v) is 3.95. The second-order valence-electron chi connectivity index (χ2n) is 4.85. The third-order valence-electron chi connectivity index (χ3n) is 3.44. The van der Waals surface area contributed by atoms with E-state index in [0.29, 0.717) is 16.0 Å². The monoisotopic (exact) mass is 290 g/mol. The number of sulfone groups is 1. The van der Waals surface area contributed by atoms with Gasteiger partial charge < -0.3 is 10.6 Å². The Balaban J connectivity index is 2.38. The van der Waals surface area contributed by atoms with Crippen LogP contribution in [0.2, 0.25) is 0 Å². The molecule has 20 heavy (non-hydrogen) atoms. The summed E-state index contributed by atoms with van der Waals surface area (Å²) in [4.78, 5) is 11.6. The molecule has 0 saturated heterocycles. The minimum Gasteiger partial charge on any atom is -0.368 e. The van der Waals surface area contributed by atoms with E-state index in [1.54, 1.807) is 37.3 Å². The average Bonchev–Trinajstić information content (AvgIpc) is 2.38. The van der Waals surface area contributed by atoms with Gasteiger partial charge in [0, 0.05) is 29.1 Å². The molecule has 1 aliphatic rings. The molecule has 0 saturated carbocycles. The molecule has 0 spiro atoms. The smallest absolute Gasteiger partial charge is 0.221 e. The Bertz CT molecular complexity index is 828. The maximum atomic E-state index is 12.4. The highest BCUT2D eigenvalue weighted by molar-refractivity contribution is 7.92. The number of nitrogens with one attached hydrogen (secondary N) is 2. The van der Waals surface area contributed by atoms with Gasteiger partial charge in [0.2, 0.25) is 5.91 Å². The molecule has 104 valence electrons. The first-order valence-corrected chi connectivity index (χ1v) is 7.79. The minimum absolute atomic E-state index is 0.189. The number of carbonyl (C=O) groups is 1. The zero-order valence-electron chi connectivity index (χ0n) is 11.1. The fraction of sp³-hybridized carbons (Fsp3) is 0.214. The highest BCUT2D eigenvalue weighted by Crippen LogP contribution is 2.39. The van der Waals surface area contributed by atoms with Crippen LogP contribution in [-0.4, -0.2) is 19.7 Å². The zero-order valence-corrected chi connectivity index (χ0v) is 11.9. The van der Waals surface area contributed by atoms with Gasteiger partial charge in [0.25, 0.3) is 0 Å². The summed E-state index contributed by atoms with van der Waals surface area (Å²) in [6.07, 6.45) is 0. The molecule has 6 heteroatoms. The fourth-order valence-electron chi connectivity index (χ4n) is 2.52. The summed E-state index contributed by atoms with van der Waals surface area (Å²) in [5.41, 5.74) is 1.39. The molecule has 1 amide bonds. The lowest BCUT2D eigenvalue weighted by Gasteiger charge is -2.25. The molecule has 0 fully saturated rings. The van der Waals surface area contributed by atoms with E-state index in [-0.39, 0.29) is 5.91 Å². The quantitative estimate of drug-likeness (QED) is 0.845. The van der Waals surface area contributed by atoms with Crippen molar-refractivity contribution >= 4 is 37.9 Å². The summed E-state index contributed by atoms with van der Waals surface area (Å²) < 4.78 is 24.7. The van der Waals surface area contributed by atoms with Crippen LogP contribution in [0.15, 0.2) is 35.2 Å². The van der Waals surface area contributed by atoms with E-state index < -0.39 is 15.2 Å². The second kappa shape index (κ2) is 4.21. The maximum absolute atomic E-state index is 12.4. The largest absolute Gasteiger partial charge is 0.368 e. The van der Waals surface area contributed by atoms with E-state index in [2.05, 4.69) is 10.6 Å². The van der Waals surface area contributed by atoms with Gasteiger partial charge in [-0.25, -0.2) is 8.42 Å². The summed E-state index contributed by atoms with van der Waals surface area (Å²) in [6, 6.07) is 8.68. The normalized spacial score (nSPS) is 19.4. The number of rotatable bonds is 1. The minimum atomic E-state index is -3.40. The van der Waals surface area contributed by atoms with Gasteiger partial charge in [-0.15, -0.1) is 0 Å². The molecule has 5 nitrogen and oxygen atoms in total. The average molecular weight is 290 g/mol. The molecule has 0 bridgehead atoms. The van der Waals surface area contributed by atoms with Gasteiger partial charge in [0.05, 0.1) is 4.90 Å². The molecule has 1 unspecified atom stereocenters. The number of hydrogen-bond acceptors (Lipinski definition) is 4. The first kappa shape index (κ1) is 12.9. The molecule has 2 aromatic carbocycles. The molecule has 0 radical (unpaired) electrons. The summed E-state index contributed by atoms with van der Waals surface area (Å²) in [5, 5.41) is 6.42. The maximum Gasteiger partial charge on any atom is 0.221 e. The van der Waals surface area contributed by atoms with E-state index in [9.17, 15) is 13.2 Å². The molecule has 2 N–H and O–H groups in total. The summed E-state index contributed by atoms with van der Waals surface area (Å²) >= 11 is 0. The SMILES string of the molecule is CC(=O)Nc1ccc2c3c(cccc13)S(=O)(=O)C(C)N2. The predicted molar refractivity (Wildman–Crippen MR) is 78.5 cm³/mol. The van der Waals surface area contributed by atoms with Gasteiger partial charge in [0.1, 0.15) is 5.37 Å². The second-order valence-corrected chi connectivity index (χ2v) is 7.09. The molecule has 1 aliphatic heterocycles. The summed E-state index contributed by atoms with van der Waals surface area (Å²) in [6.45, 7) is 3.05. The molecular formula is C14H14N2O3S. The number of hydrogen-bond donors (Lipinski definition) is 2. The molecule has 1 atom stereocenters. The van der Waals surface area contributed by atoms with E-state index >= 15 is 0 Å². The molecular weight excluding hydrogens is 276 g/mol. The van der Waals surface area contributed by atoms with E-state index in [4.69, 9.17) is 0 Å². The Morgan fingerprint density at radius 1 is 1.25 bits per heavy atom. The number of benzene rings is 2. The van der Waals surface area contributed by atoms with E-state index in [0.717, 1.165) is 11.1 Å². The molecule has 1 heterocycles. The van der Waals surface area contributed by atoms with Gasteiger partial charge in [-0.1, -0.05) is 12.1 Å². The topological polar surface area (TPSA) is 75.3 Å². The lowest BCUT2D eigenvalue weighted by molar-refractivity contribution is -0.114. The van der Waals surface area contributed by atoms with Gasteiger partial charge >= 0.3 is 0 Å². The molecule has 2 aromatic rings. The molecule has 0 aliphatic carbocycles. The van der Waals surface area contributed by atoms with Crippen LogP contribution in [0.1, 0.15) is 13.8 Å². The van der Waals surface area contributed by atoms with Crippen LogP contribution >= 0.6 is 0 Å². The Morgan fingerprint density at radius 3 is 2.70 bits per heavy atom. The van der Waals surface area contributed by atoms with Crippen LogP contribution in [0.25, 0.3) is 10.8 Å². The third kappa shape index (κ3) is 1.76. The van der Waals surface area contributed by atoms with Crippen LogP contribution in [0.3, 0.4) is 0 Å². The lowest BCUT2D eigenvalue weighted by atomic mass is 10.1. The van der Waals surface area contributed by atoms with Gasteiger partial charge in [-0.05, 0) is 25.1 Å². The van der Waals surface area contributed by atoms with Gasteiger partial charge in [-0.2, -0.15) is 0 Å². The third-order valence-corrected chi connectivity index (χ3v) is 5.45. The number of anilines is 2. The van der Waals surface area contributed by atoms with Crippen LogP contribution in [0.5, 0.6) is 0 Å². The van der Waals surface area contributed by atoms with Crippen molar-refractivity contribution in [2.45, 2.75) is 24.1 Å². The first-order chi connectivity index (χ1) is 9.41. The van der Waals surface area contributed by atoms with Crippen molar-refractivity contribution in [1.29, 1.82) is 0 Å². The van der Waals surface area contributed by atoms with E-state index in [1.165, 1.54) is 6.92 Å². The van der Waals surface area contributed by atoms with Crippen molar-refractivity contribution in [2.24, 2.45) is 0 Å². The highest BCUT2D eigenvalue weighted by atomic mass is 32.2. The number of amides is 1. The molecule has 3 rings (SSSR count). The predicted octanol–water partition coefficient (Wildman–Crippen LogP) is 2.34. The van der Waals surface area contributed by atoms with Crippen LogP contribution in [0.4, 0.5) is 11.4 Å². The molecule has 0 aromatic heterocycles. The number of carbonyl (C=O) groups excluding carboxylic acids is 1. The van der Waals surface area contributed by atoms with Crippen LogP contribution < -0.4 is 10.6 Å². The van der Waals surface area contributed by atoms with Crippen molar-refractivity contribution in [1.82, 2.24) is 0 Å². The van der Waals surface area contributed by atoms with Crippen molar-refractivity contribution in [3.63, 3.8) is 0 Å². The Kier molecular flexibility index (Phi) is 2.72. The lowest BCUT2D eigenvalue weighted by Crippen LogP contribution is -2.30. The van der Waals surface area contributed by atoms with Crippen LogP contribution in [-0.2, 0) is 14.6 Å². The van der Waals surface area contributed by atoms with Gasteiger partial charge in [0.15, 0.2) is 9.84 Å². The zero-order chi connectivity index (χ0) is 14.5. The van der Waals surface area contributed by atoms with Crippen LogP contribution in [0, 0.1) is 0 Å². The van der Waals surface area contributed by atoms with Crippen molar-refractivity contribution in [3.8, 4) is 0 Å². The Hall–Kier alpha value is -2.08. The van der Waals surface area contributed by atoms with Crippen molar-refractivity contribution in [3.05, 3.63) is 30.3 Å². The highest BCUT2D eigenvalue weighted by Gasteiger charge is 2.31. The standard InChI is InChI=1S/C14H14N2O3S/c1-8(17)15-11-6-7-12-14-10(11)4-3-5-13(14)20(18,19)9(2)16-12/h3-7,9,16H,1-2H3,(H,15,17). The summed E-state index contributed by atoms with van der Waals surface area (Å²) in [7, 11) is -3.40. The van der Waals surface area contributed by atoms with Gasteiger partial charge in [-0.3, -0.25) is 4.79 Å². The van der Waals surface area contributed by atoms with E-state index in [1.807, 2.05) is 0 Å².